The Hall–Kier alpha value is -6.76. The summed E-state index contributed by atoms with van der Waals surface area (Å²) < 4.78 is 19.1. The number of nitrogens with zero attached hydrogens (tertiary/aromatic N) is 1. The van der Waals surface area contributed by atoms with Crippen molar-refractivity contribution in [3.8, 4) is 16.8 Å². The van der Waals surface area contributed by atoms with Crippen LogP contribution in [0, 0.1) is 0 Å². The van der Waals surface area contributed by atoms with Crippen molar-refractivity contribution in [2.45, 2.75) is 52.4 Å². The van der Waals surface area contributed by atoms with Gasteiger partial charge in [0.2, 0.25) is 0 Å². The molecule has 1 N–H and O–H groups in total. The molecule has 0 fully saturated rings. The first-order valence-electron chi connectivity index (χ1n) is 21.7. The molecule has 0 amide bonds. The number of para-hydroxylation sites is 2. The average molecular weight is 819 g/mol. The van der Waals surface area contributed by atoms with Crippen molar-refractivity contribution in [3.63, 3.8) is 0 Å². The van der Waals surface area contributed by atoms with E-state index in [2.05, 4.69) is 185 Å². The van der Waals surface area contributed by atoms with E-state index in [4.69, 9.17) is 8.83 Å². The SMILES string of the molecule is CC(C)(C)c1ccc(Nc2cc3oc4ccccc4c3cc2-c2c3c4c(c5cc(C(C)(C)C)ccc5n4-c4cc5sc6ccccc6c5cc4B3)c3c2oc2ccccc23)cc1. The first-order valence-corrected chi connectivity index (χ1v) is 22.5. The number of rotatable bonds is 3. The van der Waals surface area contributed by atoms with Gasteiger partial charge in [-0.15, -0.1) is 11.3 Å². The van der Waals surface area contributed by atoms with Gasteiger partial charge in [-0.3, -0.25) is 0 Å². The highest BCUT2D eigenvalue weighted by atomic mass is 32.1. The van der Waals surface area contributed by atoms with Crippen LogP contribution in [0.4, 0.5) is 11.4 Å². The van der Waals surface area contributed by atoms with E-state index in [1.54, 1.807) is 0 Å². The third kappa shape index (κ3) is 5.07. The van der Waals surface area contributed by atoms with Crippen LogP contribution in [0.15, 0.2) is 148 Å². The third-order valence-corrected chi connectivity index (χ3v) is 14.6. The lowest BCUT2D eigenvalue weighted by molar-refractivity contribution is 0.590. The lowest BCUT2D eigenvalue weighted by Gasteiger charge is -2.24. The second-order valence-corrected chi connectivity index (χ2v) is 20.5. The fourth-order valence-electron chi connectivity index (χ4n) is 10.4. The molecule has 0 saturated carbocycles. The van der Waals surface area contributed by atoms with Crippen LogP contribution in [0.3, 0.4) is 0 Å². The van der Waals surface area contributed by atoms with Crippen LogP contribution < -0.4 is 16.2 Å². The predicted octanol–water partition coefficient (Wildman–Crippen LogP) is 14.7. The minimum atomic E-state index is -0.0290. The van der Waals surface area contributed by atoms with Crippen LogP contribution in [0.2, 0.25) is 0 Å². The molecule has 0 atom stereocenters. The Balaban J connectivity index is 1.20. The van der Waals surface area contributed by atoms with Gasteiger partial charge in [0, 0.05) is 75.7 Å². The highest BCUT2D eigenvalue weighted by Gasteiger charge is 2.33. The molecular formula is C56H43BN2O2S. The van der Waals surface area contributed by atoms with Crippen LogP contribution in [-0.4, -0.2) is 11.8 Å². The summed E-state index contributed by atoms with van der Waals surface area (Å²) >= 11 is 1.89. The maximum Gasteiger partial charge on any atom is 0.198 e. The van der Waals surface area contributed by atoms with Crippen molar-refractivity contribution >= 4 is 127 Å². The summed E-state index contributed by atoms with van der Waals surface area (Å²) in [5, 5.41) is 13.5. The third-order valence-electron chi connectivity index (χ3n) is 13.5. The Morgan fingerprint density at radius 1 is 0.548 bits per heavy atom. The van der Waals surface area contributed by atoms with Gasteiger partial charge in [0.25, 0.3) is 0 Å². The van der Waals surface area contributed by atoms with E-state index in [-0.39, 0.29) is 10.8 Å². The smallest absolute Gasteiger partial charge is 0.198 e. The standard InChI is InChI=1S/C56H43BN2O2S/c1-55(2,3)30-19-22-32(23-20-30)58-41-28-46-36(33-13-7-10-16-44(33)60-46)26-38(41)51-52-53-49(50-35-15-8-11-17-45(35)61-54(50)51)39-25-31(56(4,5)6)21-24-42(39)59(53)43-29-48-37(27-40(43)57-52)34-14-9-12-18-47(34)62-48/h7-29,57-58H,1-6H3. The molecule has 4 nitrogen and oxygen atoms in total. The van der Waals surface area contributed by atoms with Crippen molar-refractivity contribution < 1.29 is 8.83 Å². The van der Waals surface area contributed by atoms with Gasteiger partial charge in [-0.05, 0) is 87.4 Å². The van der Waals surface area contributed by atoms with Crippen molar-refractivity contribution in [3.05, 3.63) is 151 Å². The van der Waals surface area contributed by atoms with Gasteiger partial charge in [0.05, 0.1) is 16.7 Å². The molecule has 1 aliphatic rings. The molecule has 62 heavy (non-hydrogen) atoms. The fourth-order valence-corrected chi connectivity index (χ4v) is 11.5. The zero-order valence-electron chi connectivity index (χ0n) is 35.7. The number of fused-ring (bicyclic) bond motifs is 15. The second kappa shape index (κ2) is 12.4. The molecule has 0 unspecified atom stereocenters. The van der Waals surface area contributed by atoms with E-state index in [0.29, 0.717) is 0 Å². The van der Waals surface area contributed by atoms with Crippen molar-refractivity contribution in [1.29, 1.82) is 0 Å². The summed E-state index contributed by atoms with van der Waals surface area (Å²) in [5.41, 5.74) is 16.7. The Kier molecular flexibility index (Phi) is 7.21. The summed E-state index contributed by atoms with van der Waals surface area (Å²) in [4.78, 5) is 0. The molecule has 8 aromatic carbocycles. The van der Waals surface area contributed by atoms with Crippen molar-refractivity contribution in [2.75, 3.05) is 5.32 Å². The predicted molar refractivity (Wildman–Crippen MR) is 267 cm³/mol. The fraction of sp³-hybridized carbons (Fsp3) is 0.143. The topological polar surface area (TPSA) is 43.2 Å². The summed E-state index contributed by atoms with van der Waals surface area (Å²) in [6.07, 6.45) is 0. The molecular weight excluding hydrogens is 776 g/mol. The Morgan fingerprint density at radius 3 is 2.02 bits per heavy atom. The Morgan fingerprint density at radius 2 is 1.24 bits per heavy atom. The average Bonchev–Trinajstić information content (AvgIpc) is 4.01. The highest BCUT2D eigenvalue weighted by molar-refractivity contribution is 7.25. The number of anilines is 2. The molecule has 0 radical (unpaired) electrons. The van der Waals surface area contributed by atoms with E-state index in [0.717, 1.165) is 73.7 Å². The van der Waals surface area contributed by atoms with E-state index >= 15 is 0 Å². The normalized spacial score (nSPS) is 13.1. The molecule has 4 aromatic heterocycles. The van der Waals surface area contributed by atoms with Crippen LogP contribution in [-0.2, 0) is 10.8 Å². The highest BCUT2D eigenvalue weighted by Crippen LogP contribution is 2.49. The largest absolute Gasteiger partial charge is 0.456 e. The Labute approximate surface area is 363 Å². The first kappa shape index (κ1) is 35.9. The zero-order chi connectivity index (χ0) is 41.8. The lowest BCUT2D eigenvalue weighted by Crippen LogP contribution is -2.37. The van der Waals surface area contributed by atoms with Crippen molar-refractivity contribution in [2.24, 2.45) is 0 Å². The quantitative estimate of drug-likeness (QED) is 0.181. The summed E-state index contributed by atoms with van der Waals surface area (Å²) in [7, 11) is 0.751. The molecule has 0 bridgehead atoms. The number of hydrogen-bond donors (Lipinski definition) is 1. The van der Waals surface area contributed by atoms with E-state index in [1.807, 2.05) is 17.4 Å². The molecule has 6 heteroatoms. The summed E-state index contributed by atoms with van der Waals surface area (Å²) in [5.74, 6) is 0. The number of hydrogen-bond acceptors (Lipinski definition) is 4. The molecule has 0 aliphatic carbocycles. The summed E-state index contributed by atoms with van der Waals surface area (Å²) in [6.45, 7) is 13.7. The van der Waals surface area contributed by atoms with E-state index in [9.17, 15) is 0 Å². The number of nitrogens with one attached hydrogen (secondary N) is 1. The van der Waals surface area contributed by atoms with Gasteiger partial charge in [-0.2, -0.15) is 0 Å². The van der Waals surface area contributed by atoms with Crippen molar-refractivity contribution in [1.82, 2.24) is 4.57 Å². The van der Waals surface area contributed by atoms with Gasteiger partial charge in [0.15, 0.2) is 7.28 Å². The van der Waals surface area contributed by atoms with Gasteiger partial charge < -0.3 is 18.7 Å². The summed E-state index contributed by atoms with van der Waals surface area (Å²) in [6, 6.07) is 51.4. The molecule has 298 valence electrons. The van der Waals surface area contributed by atoms with Crippen LogP contribution in [0.1, 0.15) is 52.7 Å². The molecule has 12 aromatic rings. The minimum absolute atomic E-state index is 0.0290. The van der Waals surface area contributed by atoms with Crippen LogP contribution >= 0.6 is 11.3 Å². The van der Waals surface area contributed by atoms with Gasteiger partial charge in [-0.25, -0.2) is 0 Å². The van der Waals surface area contributed by atoms with Gasteiger partial charge >= 0.3 is 0 Å². The number of benzene rings is 8. The lowest BCUT2D eigenvalue weighted by atomic mass is 9.58. The number of aromatic nitrogens is 1. The van der Waals surface area contributed by atoms with E-state index < -0.39 is 0 Å². The molecule has 0 saturated heterocycles. The molecule has 0 spiro atoms. The zero-order valence-corrected chi connectivity index (χ0v) is 36.5. The molecule has 13 rings (SSSR count). The maximum atomic E-state index is 7.25. The first-order chi connectivity index (χ1) is 30.0. The maximum absolute atomic E-state index is 7.25. The van der Waals surface area contributed by atoms with Gasteiger partial charge in [0.1, 0.15) is 22.3 Å². The van der Waals surface area contributed by atoms with Crippen LogP contribution in [0.5, 0.6) is 0 Å². The second-order valence-electron chi connectivity index (χ2n) is 19.4. The molecule has 1 aliphatic heterocycles. The Bertz CT molecular complexity index is 3880. The van der Waals surface area contributed by atoms with Crippen LogP contribution in [0.25, 0.3) is 103 Å². The number of thiophene rings is 1. The molecule has 5 heterocycles. The van der Waals surface area contributed by atoms with Gasteiger partial charge in [-0.1, -0.05) is 126 Å². The van der Waals surface area contributed by atoms with E-state index in [1.165, 1.54) is 69.7 Å². The monoisotopic (exact) mass is 818 g/mol. The minimum Gasteiger partial charge on any atom is -0.456 e. The number of furan rings is 2.